The van der Waals surface area contributed by atoms with E-state index in [-0.39, 0.29) is 11.3 Å². The van der Waals surface area contributed by atoms with Crippen molar-refractivity contribution < 1.29 is 28.9 Å². The van der Waals surface area contributed by atoms with Crippen molar-refractivity contribution in [1.82, 2.24) is 9.80 Å². The zero-order chi connectivity index (χ0) is 29.5. The standard InChI is InChI=1S/C34H38N2O6/c1-24(2)22-41-28-14-10-27(11-15-28)32(37)30-31(36(34(39)33(30)38)17-16-35-18-20-40-21-19-35)26-8-12-29(13-9-26)42-23-25-6-4-3-5-7-25/h3-15,24,31,37H,16-23H2,1-2H3. The van der Waals surface area contributed by atoms with Crippen LogP contribution >= 0.6 is 0 Å². The van der Waals surface area contributed by atoms with Crippen molar-refractivity contribution in [2.45, 2.75) is 26.5 Å². The second-order valence-electron chi connectivity index (χ2n) is 11.0. The van der Waals surface area contributed by atoms with Gasteiger partial charge in [0.25, 0.3) is 11.7 Å². The minimum Gasteiger partial charge on any atom is -0.507 e. The molecule has 0 aromatic heterocycles. The molecule has 8 heteroatoms. The fourth-order valence-corrected chi connectivity index (χ4v) is 5.15. The number of hydrogen-bond donors (Lipinski definition) is 1. The van der Waals surface area contributed by atoms with Crippen LogP contribution in [0.4, 0.5) is 0 Å². The van der Waals surface area contributed by atoms with E-state index in [0.717, 1.165) is 24.2 Å². The Balaban J connectivity index is 1.42. The van der Waals surface area contributed by atoms with Crippen molar-refractivity contribution >= 4 is 17.4 Å². The zero-order valence-corrected chi connectivity index (χ0v) is 24.2. The van der Waals surface area contributed by atoms with Crippen molar-refractivity contribution in [3.8, 4) is 11.5 Å². The summed E-state index contributed by atoms with van der Waals surface area (Å²) in [6, 6.07) is 23.5. The van der Waals surface area contributed by atoms with Crippen molar-refractivity contribution in [2.75, 3.05) is 46.0 Å². The van der Waals surface area contributed by atoms with E-state index in [1.165, 1.54) is 0 Å². The predicted octanol–water partition coefficient (Wildman–Crippen LogP) is 5.05. The molecule has 220 valence electrons. The molecular formula is C34H38N2O6. The molecule has 8 nitrogen and oxygen atoms in total. The Hall–Kier alpha value is -4.14. The predicted molar refractivity (Wildman–Crippen MR) is 160 cm³/mol. The minimum absolute atomic E-state index is 0.0794. The average Bonchev–Trinajstić information content (AvgIpc) is 3.28. The Kier molecular flexibility index (Phi) is 9.56. The first kappa shape index (κ1) is 29.4. The van der Waals surface area contributed by atoms with Gasteiger partial charge in [-0.1, -0.05) is 56.3 Å². The van der Waals surface area contributed by atoms with Gasteiger partial charge in [0.1, 0.15) is 23.9 Å². The van der Waals surface area contributed by atoms with Gasteiger partial charge >= 0.3 is 0 Å². The normalized spacial score (nSPS) is 18.9. The maximum absolute atomic E-state index is 13.4. The number of ether oxygens (including phenoxy) is 3. The topological polar surface area (TPSA) is 88.5 Å². The number of rotatable bonds is 11. The van der Waals surface area contributed by atoms with Crippen LogP contribution in [-0.2, 0) is 20.9 Å². The molecule has 1 atom stereocenters. The van der Waals surface area contributed by atoms with Gasteiger partial charge in [0.15, 0.2) is 0 Å². The van der Waals surface area contributed by atoms with Crippen LogP contribution in [0, 0.1) is 5.92 Å². The van der Waals surface area contributed by atoms with Crippen LogP contribution in [0.2, 0.25) is 0 Å². The smallest absolute Gasteiger partial charge is 0.295 e. The number of aliphatic hydroxyl groups is 1. The molecule has 2 aliphatic rings. The van der Waals surface area contributed by atoms with Gasteiger partial charge in [-0.3, -0.25) is 14.5 Å². The first-order chi connectivity index (χ1) is 20.4. The number of benzene rings is 3. The third kappa shape index (κ3) is 7.01. The van der Waals surface area contributed by atoms with E-state index < -0.39 is 17.7 Å². The number of morpholine rings is 1. The summed E-state index contributed by atoms with van der Waals surface area (Å²) in [6.07, 6.45) is 0. The lowest BCUT2D eigenvalue weighted by Gasteiger charge is -2.31. The third-order valence-electron chi connectivity index (χ3n) is 7.46. The summed E-state index contributed by atoms with van der Waals surface area (Å²) >= 11 is 0. The van der Waals surface area contributed by atoms with Gasteiger partial charge < -0.3 is 24.2 Å². The third-order valence-corrected chi connectivity index (χ3v) is 7.46. The van der Waals surface area contributed by atoms with Crippen LogP contribution in [0.3, 0.4) is 0 Å². The largest absolute Gasteiger partial charge is 0.507 e. The lowest BCUT2D eigenvalue weighted by molar-refractivity contribution is -0.140. The van der Waals surface area contributed by atoms with E-state index in [2.05, 4.69) is 18.7 Å². The quantitative estimate of drug-likeness (QED) is 0.196. The SMILES string of the molecule is CC(C)COc1ccc(C(O)=C2C(=O)C(=O)N(CCN3CCOCC3)C2c2ccc(OCc3ccccc3)cc2)cc1. The van der Waals surface area contributed by atoms with Gasteiger partial charge in [0.2, 0.25) is 0 Å². The number of ketones is 1. The van der Waals surface area contributed by atoms with Gasteiger partial charge in [0.05, 0.1) is 31.4 Å². The number of Topliss-reactive ketones (excluding diaryl/α,β-unsaturated/α-hetero) is 1. The molecule has 3 aromatic carbocycles. The molecule has 0 saturated carbocycles. The summed E-state index contributed by atoms with van der Waals surface area (Å²) in [5, 5.41) is 11.4. The first-order valence-corrected chi connectivity index (χ1v) is 14.5. The fourth-order valence-electron chi connectivity index (χ4n) is 5.15. The maximum atomic E-state index is 13.4. The van der Waals surface area contributed by atoms with Gasteiger partial charge in [0, 0.05) is 31.7 Å². The Morgan fingerprint density at radius 2 is 1.52 bits per heavy atom. The molecule has 1 N–H and O–H groups in total. The summed E-state index contributed by atoms with van der Waals surface area (Å²) in [7, 11) is 0. The van der Waals surface area contributed by atoms with E-state index in [9.17, 15) is 14.7 Å². The molecule has 2 aliphatic heterocycles. The fraction of sp³-hybridized carbons (Fsp3) is 0.353. The van der Waals surface area contributed by atoms with Gasteiger partial charge in [-0.2, -0.15) is 0 Å². The van der Waals surface area contributed by atoms with E-state index in [4.69, 9.17) is 14.2 Å². The van der Waals surface area contributed by atoms with Crippen LogP contribution in [0.25, 0.3) is 5.76 Å². The van der Waals surface area contributed by atoms with Crippen molar-refractivity contribution in [3.63, 3.8) is 0 Å². The molecule has 1 unspecified atom stereocenters. The minimum atomic E-state index is -0.730. The molecule has 0 aliphatic carbocycles. The maximum Gasteiger partial charge on any atom is 0.295 e. The Morgan fingerprint density at radius 3 is 2.19 bits per heavy atom. The highest BCUT2D eigenvalue weighted by Gasteiger charge is 2.46. The highest BCUT2D eigenvalue weighted by Crippen LogP contribution is 2.40. The average molecular weight is 571 g/mol. The monoisotopic (exact) mass is 570 g/mol. The summed E-state index contributed by atoms with van der Waals surface area (Å²) < 4.78 is 17.2. The Bertz CT molecular complexity index is 1380. The van der Waals surface area contributed by atoms with Crippen molar-refractivity contribution in [2.24, 2.45) is 5.92 Å². The molecular weight excluding hydrogens is 532 g/mol. The summed E-state index contributed by atoms with van der Waals surface area (Å²) in [6.45, 7) is 8.92. The Labute approximate surface area is 247 Å². The van der Waals surface area contributed by atoms with Crippen LogP contribution in [0.1, 0.15) is 36.6 Å². The molecule has 2 fully saturated rings. The van der Waals surface area contributed by atoms with Gasteiger partial charge in [-0.25, -0.2) is 0 Å². The number of amides is 1. The summed E-state index contributed by atoms with van der Waals surface area (Å²) in [5.74, 6) is 0.215. The first-order valence-electron chi connectivity index (χ1n) is 14.5. The van der Waals surface area contributed by atoms with Crippen LogP contribution in [0.5, 0.6) is 11.5 Å². The van der Waals surface area contributed by atoms with E-state index in [0.29, 0.717) is 62.5 Å². The molecule has 0 spiro atoms. The van der Waals surface area contributed by atoms with Gasteiger partial charge in [-0.15, -0.1) is 0 Å². The van der Waals surface area contributed by atoms with Crippen LogP contribution in [-0.4, -0.2) is 72.6 Å². The van der Waals surface area contributed by atoms with Crippen LogP contribution in [0.15, 0.2) is 84.4 Å². The molecule has 3 aromatic rings. The molecule has 1 amide bonds. The molecule has 0 radical (unpaired) electrons. The van der Waals surface area contributed by atoms with Crippen molar-refractivity contribution in [3.05, 3.63) is 101 Å². The zero-order valence-electron chi connectivity index (χ0n) is 24.2. The van der Waals surface area contributed by atoms with E-state index in [1.807, 2.05) is 54.6 Å². The number of likely N-dealkylation sites (tertiary alicyclic amines) is 1. The number of hydrogen-bond acceptors (Lipinski definition) is 7. The summed E-state index contributed by atoms with van der Waals surface area (Å²) in [5.41, 5.74) is 2.31. The molecule has 2 saturated heterocycles. The number of carbonyl (C=O) groups excluding carboxylic acids is 2. The lowest BCUT2D eigenvalue weighted by Crippen LogP contribution is -2.42. The van der Waals surface area contributed by atoms with E-state index in [1.54, 1.807) is 29.2 Å². The van der Waals surface area contributed by atoms with Crippen LogP contribution < -0.4 is 9.47 Å². The molecule has 2 heterocycles. The molecule has 5 rings (SSSR count). The Morgan fingerprint density at radius 1 is 0.881 bits per heavy atom. The number of carbonyl (C=O) groups is 2. The molecule has 0 bridgehead atoms. The molecule has 42 heavy (non-hydrogen) atoms. The second-order valence-corrected chi connectivity index (χ2v) is 11.0. The van der Waals surface area contributed by atoms with Gasteiger partial charge in [-0.05, 0) is 53.4 Å². The number of aliphatic hydroxyl groups excluding tert-OH is 1. The van der Waals surface area contributed by atoms with E-state index >= 15 is 0 Å². The lowest BCUT2D eigenvalue weighted by atomic mass is 9.95. The number of nitrogens with zero attached hydrogens (tertiary/aromatic N) is 2. The highest BCUT2D eigenvalue weighted by molar-refractivity contribution is 6.46. The second kappa shape index (κ2) is 13.7. The highest BCUT2D eigenvalue weighted by atomic mass is 16.5. The van der Waals surface area contributed by atoms with Crippen molar-refractivity contribution in [1.29, 1.82) is 0 Å². The summed E-state index contributed by atoms with van der Waals surface area (Å²) in [4.78, 5) is 30.6.